The van der Waals surface area contributed by atoms with Crippen LogP contribution >= 0.6 is 22.9 Å². The van der Waals surface area contributed by atoms with Crippen molar-refractivity contribution in [1.29, 1.82) is 0 Å². The number of halogens is 1. The molecular formula is C13H22ClNS. The summed E-state index contributed by atoms with van der Waals surface area (Å²) in [4.78, 5) is 4.70. The van der Waals surface area contributed by atoms with Gasteiger partial charge < -0.3 is 0 Å². The van der Waals surface area contributed by atoms with E-state index in [2.05, 4.69) is 40.0 Å². The average Bonchev–Trinajstić information content (AvgIpc) is 2.64. The van der Waals surface area contributed by atoms with Gasteiger partial charge in [0.15, 0.2) is 0 Å². The first-order valence-electron chi connectivity index (χ1n) is 5.93. The van der Waals surface area contributed by atoms with Crippen LogP contribution in [0.4, 0.5) is 0 Å². The van der Waals surface area contributed by atoms with E-state index in [0.29, 0.717) is 5.92 Å². The van der Waals surface area contributed by atoms with Crippen molar-refractivity contribution >= 4 is 22.9 Å². The molecule has 0 saturated carbocycles. The minimum absolute atomic E-state index is 0.156. The van der Waals surface area contributed by atoms with E-state index in [1.807, 2.05) is 0 Å². The van der Waals surface area contributed by atoms with E-state index in [4.69, 9.17) is 16.6 Å². The first kappa shape index (κ1) is 14.0. The Bertz CT molecular complexity index is 327. The summed E-state index contributed by atoms with van der Waals surface area (Å²) in [5.74, 6) is 0.505. The molecule has 16 heavy (non-hydrogen) atoms. The Kier molecular flexibility index (Phi) is 4.81. The summed E-state index contributed by atoms with van der Waals surface area (Å²) in [7, 11) is 0. The number of alkyl halides is 1. The van der Waals surface area contributed by atoms with Crippen LogP contribution in [-0.2, 0) is 11.8 Å². The fraction of sp³-hybridized carbons (Fsp3) is 0.769. The van der Waals surface area contributed by atoms with Crippen LogP contribution in [0.2, 0.25) is 0 Å². The highest BCUT2D eigenvalue weighted by atomic mass is 35.5. The lowest BCUT2D eigenvalue weighted by atomic mass is 9.93. The van der Waals surface area contributed by atoms with Gasteiger partial charge in [-0.3, -0.25) is 0 Å². The van der Waals surface area contributed by atoms with E-state index in [1.165, 1.54) is 10.7 Å². The van der Waals surface area contributed by atoms with Gasteiger partial charge in [0.25, 0.3) is 0 Å². The SMILES string of the molecule is CCC(Cl)C(C)Cc1nc(C(C)(C)C)cs1. The van der Waals surface area contributed by atoms with Crippen LogP contribution in [0.5, 0.6) is 0 Å². The van der Waals surface area contributed by atoms with Crippen LogP contribution < -0.4 is 0 Å². The predicted molar refractivity (Wildman–Crippen MR) is 73.6 cm³/mol. The normalized spacial score (nSPS) is 16.1. The third kappa shape index (κ3) is 3.74. The molecule has 92 valence electrons. The maximum Gasteiger partial charge on any atom is 0.0931 e. The van der Waals surface area contributed by atoms with Crippen molar-refractivity contribution < 1.29 is 0 Å². The molecule has 0 amide bonds. The molecule has 0 fully saturated rings. The lowest BCUT2D eigenvalue weighted by Gasteiger charge is -2.16. The van der Waals surface area contributed by atoms with Gasteiger partial charge in [-0.25, -0.2) is 4.98 Å². The topological polar surface area (TPSA) is 12.9 Å². The van der Waals surface area contributed by atoms with Crippen molar-refractivity contribution in [1.82, 2.24) is 4.98 Å². The van der Waals surface area contributed by atoms with E-state index < -0.39 is 0 Å². The molecular weight excluding hydrogens is 238 g/mol. The van der Waals surface area contributed by atoms with Gasteiger partial charge in [0.1, 0.15) is 0 Å². The Morgan fingerprint density at radius 1 is 1.44 bits per heavy atom. The minimum Gasteiger partial charge on any atom is -0.246 e. The zero-order chi connectivity index (χ0) is 12.3. The van der Waals surface area contributed by atoms with Gasteiger partial charge in [0, 0.05) is 22.6 Å². The Balaban J connectivity index is 2.66. The van der Waals surface area contributed by atoms with Crippen LogP contribution in [0.15, 0.2) is 5.38 Å². The number of hydrogen-bond acceptors (Lipinski definition) is 2. The summed E-state index contributed by atoms with van der Waals surface area (Å²) in [6, 6.07) is 0. The summed E-state index contributed by atoms with van der Waals surface area (Å²) in [6.45, 7) is 10.9. The first-order valence-corrected chi connectivity index (χ1v) is 7.25. The Hall–Kier alpha value is -0.0800. The highest BCUT2D eigenvalue weighted by molar-refractivity contribution is 7.09. The molecule has 1 aromatic rings. The zero-order valence-corrected chi connectivity index (χ0v) is 12.5. The average molecular weight is 260 g/mol. The van der Waals surface area contributed by atoms with Gasteiger partial charge >= 0.3 is 0 Å². The molecule has 0 N–H and O–H groups in total. The highest BCUT2D eigenvalue weighted by Crippen LogP contribution is 2.26. The zero-order valence-electron chi connectivity index (χ0n) is 10.9. The Morgan fingerprint density at radius 3 is 2.50 bits per heavy atom. The lowest BCUT2D eigenvalue weighted by Crippen LogP contribution is -2.14. The summed E-state index contributed by atoms with van der Waals surface area (Å²) in [5.41, 5.74) is 1.35. The van der Waals surface area contributed by atoms with Gasteiger partial charge in [0.2, 0.25) is 0 Å². The molecule has 0 spiro atoms. The summed E-state index contributed by atoms with van der Waals surface area (Å²) in [6.07, 6.45) is 2.03. The molecule has 0 radical (unpaired) electrons. The monoisotopic (exact) mass is 259 g/mol. The largest absolute Gasteiger partial charge is 0.246 e. The number of nitrogens with zero attached hydrogens (tertiary/aromatic N) is 1. The fourth-order valence-corrected chi connectivity index (χ4v) is 2.81. The molecule has 2 unspecified atom stereocenters. The number of rotatable bonds is 4. The third-order valence-corrected chi connectivity index (χ3v) is 4.43. The second-order valence-electron chi connectivity index (χ2n) is 5.48. The van der Waals surface area contributed by atoms with E-state index >= 15 is 0 Å². The lowest BCUT2D eigenvalue weighted by molar-refractivity contribution is 0.523. The standard InChI is InChI=1S/C13H22ClNS/c1-6-10(14)9(2)7-12-15-11(8-16-12)13(3,4)5/h8-10H,6-7H2,1-5H3. The molecule has 0 aliphatic heterocycles. The molecule has 1 rings (SSSR count). The third-order valence-electron chi connectivity index (χ3n) is 2.82. The van der Waals surface area contributed by atoms with Gasteiger partial charge in [-0.2, -0.15) is 0 Å². The Morgan fingerprint density at radius 2 is 2.06 bits per heavy atom. The van der Waals surface area contributed by atoms with Crippen LogP contribution in [0.25, 0.3) is 0 Å². The molecule has 0 aliphatic carbocycles. The molecule has 2 atom stereocenters. The summed E-state index contributed by atoms with van der Waals surface area (Å²) < 4.78 is 0. The molecule has 3 heteroatoms. The van der Waals surface area contributed by atoms with E-state index in [-0.39, 0.29) is 10.8 Å². The molecule has 1 heterocycles. The number of aromatic nitrogens is 1. The van der Waals surface area contributed by atoms with Crippen molar-refractivity contribution in [2.75, 3.05) is 0 Å². The van der Waals surface area contributed by atoms with Crippen LogP contribution in [0.1, 0.15) is 51.7 Å². The van der Waals surface area contributed by atoms with E-state index in [1.54, 1.807) is 11.3 Å². The maximum absolute atomic E-state index is 6.24. The maximum atomic E-state index is 6.24. The minimum atomic E-state index is 0.156. The second kappa shape index (κ2) is 5.50. The van der Waals surface area contributed by atoms with Crippen molar-refractivity contribution in [3.63, 3.8) is 0 Å². The smallest absolute Gasteiger partial charge is 0.0931 e. The van der Waals surface area contributed by atoms with Gasteiger partial charge in [0.05, 0.1) is 10.7 Å². The van der Waals surface area contributed by atoms with Gasteiger partial charge in [-0.15, -0.1) is 22.9 Å². The molecule has 0 aliphatic rings. The molecule has 1 aromatic heterocycles. The number of thiazole rings is 1. The van der Waals surface area contributed by atoms with Crippen molar-refractivity contribution in [2.24, 2.45) is 5.92 Å². The molecule has 0 saturated heterocycles. The summed E-state index contributed by atoms with van der Waals surface area (Å²) in [5, 5.41) is 3.66. The first-order chi connectivity index (χ1) is 7.34. The fourth-order valence-electron chi connectivity index (χ4n) is 1.55. The molecule has 0 bridgehead atoms. The van der Waals surface area contributed by atoms with Crippen molar-refractivity contribution in [3.05, 3.63) is 16.1 Å². The van der Waals surface area contributed by atoms with E-state index in [9.17, 15) is 0 Å². The highest BCUT2D eigenvalue weighted by Gasteiger charge is 2.19. The van der Waals surface area contributed by atoms with Crippen LogP contribution in [-0.4, -0.2) is 10.4 Å². The second-order valence-corrected chi connectivity index (χ2v) is 6.99. The molecule has 0 aromatic carbocycles. The van der Waals surface area contributed by atoms with Gasteiger partial charge in [-0.1, -0.05) is 34.6 Å². The Labute approximate surface area is 108 Å². The van der Waals surface area contributed by atoms with E-state index in [0.717, 1.165) is 12.8 Å². The molecule has 1 nitrogen and oxygen atoms in total. The van der Waals surface area contributed by atoms with Crippen LogP contribution in [0, 0.1) is 5.92 Å². The number of hydrogen-bond donors (Lipinski definition) is 0. The van der Waals surface area contributed by atoms with Crippen LogP contribution in [0.3, 0.4) is 0 Å². The van der Waals surface area contributed by atoms with Gasteiger partial charge in [-0.05, 0) is 12.3 Å². The van der Waals surface area contributed by atoms with Crippen molar-refractivity contribution in [3.8, 4) is 0 Å². The predicted octanol–water partition coefficient (Wildman–Crippen LogP) is 4.64. The summed E-state index contributed by atoms with van der Waals surface area (Å²) >= 11 is 8.00. The quantitative estimate of drug-likeness (QED) is 0.718. The van der Waals surface area contributed by atoms with Crippen molar-refractivity contribution in [2.45, 2.75) is 58.3 Å².